The first kappa shape index (κ1) is 20.8. The molecule has 3 rings (SSSR count). The molecule has 0 aliphatic heterocycles. The molecule has 0 bridgehead atoms. The van der Waals surface area contributed by atoms with Gasteiger partial charge in [0, 0.05) is 17.3 Å². The fourth-order valence-electron chi connectivity index (χ4n) is 3.26. The minimum atomic E-state index is -0.611. The number of anilines is 2. The monoisotopic (exact) mass is 392 g/mol. The van der Waals surface area contributed by atoms with Crippen LogP contribution < -0.4 is 5.32 Å². The number of hydrogen-bond donors (Lipinski definition) is 2. The fraction of sp³-hybridized carbons (Fsp3) is 0.333. The largest absolute Gasteiger partial charge is 0.456 e. The van der Waals surface area contributed by atoms with Crippen molar-refractivity contribution in [2.45, 2.75) is 52.7 Å². The molecular formula is C24H28N2O3. The summed E-state index contributed by atoms with van der Waals surface area (Å²) >= 11 is 0. The lowest BCUT2D eigenvalue weighted by molar-refractivity contribution is 0.00705. The third kappa shape index (κ3) is 4.74. The lowest BCUT2D eigenvalue weighted by atomic mass is 9.94. The Morgan fingerprint density at radius 1 is 1.17 bits per heavy atom. The van der Waals surface area contributed by atoms with Crippen LogP contribution in [0.1, 0.15) is 62.0 Å². The Bertz CT molecular complexity index is 1020. The third-order valence-corrected chi connectivity index (χ3v) is 4.58. The van der Waals surface area contributed by atoms with Crippen LogP contribution in [0.3, 0.4) is 0 Å². The summed E-state index contributed by atoms with van der Waals surface area (Å²) in [6.45, 7) is 9.63. The molecule has 0 unspecified atom stereocenters. The zero-order valence-electron chi connectivity index (χ0n) is 17.6. The van der Waals surface area contributed by atoms with Gasteiger partial charge in [0.25, 0.3) is 0 Å². The highest BCUT2D eigenvalue weighted by Gasteiger charge is 2.23. The number of fused-ring (bicyclic) bond motifs is 1. The second-order valence-corrected chi connectivity index (χ2v) is 8.42. The van der Waals surface area contributed by atoms with Crippen molar-refractivity contribution >= 4 is 28.2 Å². The van der Waals surface area contributed by atoms with Gasteiger partial charge in [0.1, 0.15) is 11.2 Å². The van der Waals surface area contributed by atoms with E-state index in [0.29, 0.717) is 16.8 Å². The number of carbonyl (C=O) groups is 1. The number of aliphatic hydroxyl groups excluding tert-OH is 1. The van der Waals surface area contributed by atoms with Crippen LogP contribution in [0.4, 0.5) is 11.4 Å². The van der Waals surface area contributed by atoms with Gasteiger partial charge < -0.3 is 15.2 Å². The number of aromatic nitrogens is 1. The Labute approximate surface area is 171 Å². The van der Waals surface area contributed by atoms with Gasteiger partial charge in [0.2, 0.25) is 0 Å². The first-order chi connectivity index (χ1) is 13.7. The van der Waals surface area contributed by atoms with Crippen molar-refractivity contribution in [2.24, 2.45) is 0 Å². The van der Waals surface area contributed by atoms with Crippen molar-refractivity contribution in [1.29, 1.82) is 0 Å². The number of pyridine rings is 1. The highest BCUT2D eigenvalue weighted by atomic mass is 16.6. The molecule has 0 saturated heterocycles. The zero-order chi connectivity index (χ0) is 21.2. The number of ether oxygens (including phenoxy) is 1. The number of hydrogen-bond acceptors (Lipinski definition) is 5. The van der Waals surface area contributed by atoms with Gasteiger partial charge in [0.05, 0.1) is 17.8 Å². The first-order valence-corrected chi connectivity index (χ1v) is 9.81. The van der Waals surface area contributed by atoms with Crippen LogP contribution in [0.15, 0.2) is 48.7 Å². The number of aliphatic hydroxyl groups is 1. The second-order valence-electron chi connectivity index (χ2n) is 8.42. The van der Waals surface area contributed by atoms with E-state index in [1.807, 2.05) is 63.2 Å². The van der Waals surface area contributed by atoms with Crippen molar-refractivity contribution in [3.05, 3.63) is 65.4 Å². The number of carbonyl (C=O) groups excluding carboxylic acids is 1. The lowest BCUT2D eigenvalue weighted by Crippen LogP contribution is -2.24. The van der Waals surface area contributed by atoms with Crippen molar-refractivity contribution in [1.82, 2.24) is 4.98 Å². The smallest absolute Gasteiger partial charge is 0.342 e. The van der Waals surface area contributed by atoms with Crippen LogP contribution in [0.25, 0.3) is 10.9 Å². The van der Waals surface area contributed by atoms with Crippen LogP contribution in [-0.2, 0) is 11.3 Å². The summed E-state index contributed by atoms with van der Waals surface area (Å²) in [5.74, 6) is -0.209. The van der Waals surface area contributed by atoms with Crippen molar-refractivity contribution in [3.8, 4) is 0 Å². The van der Waals surface area contributed by atoms with Crippen molar-refractivity contribution in [2.75, 3.05) is 5.32 Å². The van der Waals surface area contributed by atoms with Crippen LogP contribution >= 0.6 is 0 Å². The minimum absolute atomic E-state index is 0.0552. The quantitative estimate of drug-likeness (QED) is 0.557. The lowest BCUT2D eigenvalue weighted by Gasteiger charge is -2.22. The molecule has 0 aliphatic rings. The van der Waals surface area contributed by atoms with Gasteiger partial charge in [-0.2, -0.15) is 0 Å². The SMILES string of the molecule is CC(C)c1cc2c(Nc3ccccc3)c(C(=O)OC(C)(C)C)cnc2cc1CO. The minimum Gasteiger partial charge on any atom is -0.456 e. The molecule has 0 saturated carbocycles. The van der Waals surface area contributed by atoms with E-state index in [2.05, 4.69) is 24.1 Å². The normalized spacial score (nSPS) is 11.7. The second kappa shape index (κ2) is 8.21. The van der Waals surface area contributed by atoms with Gasteiger partial charge in [0.15, 0.2) is 0 Å². The van der Waals surface area contributed by atoms with E-state index < -0.39 is 11.6 Å². The number of esters is 1. The van der Waals surface area contributed by atoms with E-state index in [0.717, 1.165) is 22.2 Å². The molecule has 0 atom stereocenters. The van der Waals surface area contributed by atoms with Crippen LogP contribution in [0.5, 0.6) is 0 Å². The van der Waals surface area contributed by atoms with Crippen LogP contribution in [0, 0.1) is 0 Å². The summed E-state index contributed by atoms with van der Waals surface area (Å²) < 4.78 is 5.61. The zero-order valence-corrected chi connectivity index (χ0v) is 17.6. The fourth-order valence-corrected chi connectivity index (χ4v) is 3.26. The van der Waals surface area contributed by atoms with E-state index >= 15 is 0 Å². The topological polar surface area (TPSA) is 71.5 Å². The number of benzene rings is 2. The maximum atomic E-state index is 12.9. The number of nitrogens with zero attached hydrogens (tertiary/aromatic N) is 1. The Morgan fingerprint density at radius 3 is 2.45 bits per heavy atom. The highest BCUT2D eigenvalue weighted by molar-refractivity contribution is 6.06. The molecule has 29 heavy (non-hydrogen) atoms. The molecule has 0 spiro atoms. The molecule has 0 amide bonds. The highest BCUT2D eigenvalue weighted by Crippen LogP contribution is 2.34. The summed E-state index contributed by atoms with van der Waals surface area (Å²) in [5, 5.41) is 14.0. The Hall–Kier alpha value is -2.92. The summed E-state index contributed by atoms with van der Waals surface area (Å²) in [6.07, 6.45) is 1.54. The van der Waals surface area contributed by atoms with E-state index in [-0.39, 0.29) is 12.5 Å². The maximum absolute atomic E-state index is 12.9. The number of para-hydroxylation sites is 1. The van der Waals surface area contributed by atoms with Crippen molar-refractivity contribution in [3.63, 3.8) is 0 Å². The molecule has 0 radical (unpaired) electrons. The van der Waals surface area contributed by atoms with Crippen LogP contribution in [0.2, 0.25) is 0 Å². The summed E-state index contributed by atoms with van der Waals surface area (Å²) in [5.41, 5.74) is 3.87. The maximum Gasteiger partial charge on any atom is 0.342 e. The molecule has 5 nitrogen and oxygen atoms in total. The number of nitrogens with one attached hydrogen (secondary N) is 1. The van der Waals surface area contributed by atoms with E-state index in [1.165, 1.54) is 6.20 Å². The molecule has 0 fully saturated rings. The predicted octanol–water partition coefficient (Wildman–Crippen LogP) is 5.55. The predicted molar refractivity (Wildman–Crippen MR) is 117 cm³/mol. The first-order valence-electron chi connectivity index (χ1n) is 9.81. The van der Waals surface area contributed by atoms with Gasteiger partial charge in [-0.25, -0.2) is 4.79 Å². The molecule has 1 aromatic heterocycles. The summed E-state index contributed by atoms with van der Waals surface area (Å²) in [7, 11) is 0. The molecule has 2 N–H and O–H groups in total. The van der Waals surface area contributed by atoms with Gasteiger partial charge in [-0.1, -0.05) is 32.0 Å². The molecule has 5 heteroatoms. The van der Waals surface area contributed by atoms with E-state index in [1.54, 1.807) is 0 Å². The molecule has 2 aromatic carbocycles. The molecule has 1 heterocycles. The van der Waals surface area contributed by atoms with Gasteiger partial charge in [-0.3, -0.25) is 4.98 Å². The Kier molecular flexibility index (Phi) is 5.89. The number of rotatable bonds is 5. The van der Waals surface area contributed by atoms with Crippen LogP contribution in [-0.4, -0.2) is 21.7 Å². The van der Waals surface area contributed by atoms with E-state index in [9.17, 15) is 9.90 Å². The third-order valence-electron chi connectivity index (χ3n) is 4.58. The van der Waals surface area contributed by atoms with Gasteiger partial charge in [-0.15, -0.1) is 0 Å². The van der Waals surface area contributed by atoms with Crippen molar-refractivity contribution < 1.29 is 14.6 Å². The Balaban J connectivity index is 2.24. The molecule has 152 valence electrons. The Morgan fingerprint density at radius 2 is 1.86 bits per heavy atom. The average Bonchev–Trinajstić information content (AvgIpc) is 2.66. The summed E-state index contributed by atoms with van der Waals surface area (Å²) in [4.78, 5) is 17.4. The van der Waals surface area contributed by atoms with Gasteiger partial charge >= 0.3 is 5.97 Å². The standard InChI is InChI=1S/C24H28N2O3/c1-15(2)18-12-19-21(11-16(18)14-27)25-13-20(23(28)29-24(3,4)5)22(19)26-17-9-7-6-8-10-17/h6-13,15,27H,14H2,1-5H3,(H,25,26). The molecule has 0 aliphatic carbocycles. The van der Waals surface area contributed by atoms with Gasteiger partial charge in [-0.05, 0) is 62.1 Å². The summed E-state index contributed by atoms with van der Waals surface area (Å²) in [6, 6.07) is 13.6. The molecule has 3 aromatic rings. The average molecular weight is 392 g/mol. The van der Waals surface area contributed by atoms with E-state index in [4.69, 9.17) is 4.74 Å². The molecular weight excluding hydrogens is 364 g/mol.